The van der Waals surface area contributed by atoms with Crippen molar-refractivity contribution in [3.8, 4) is 0 Å². The molecule has 0 radical (unpaired) electrons. The number of aliphatic hydroxyl groups excluding tert-OH is 1. The second-order valence-corrected chi connectivity index (χ2v) is 6.53. The fraction of sp³-hybridized carbons (Fsp3) is 0.389. The number of aliphatic hydroxyl groups is 1. The summed E-state index contributed by atoms with van der Waals surface area (Å²) in [5.41, 5.74) is -0.123. The van der Waals surface area contributed by atoms with E-state index in [-0.39, 0.29) is 19.4 Å². The van der Waals surface area contributed by atoms with Gasteiger partial charge in [0.1, 0.15) is 11.2 Å². The number of hydrogen-bond acceptors (Lipinski definition) is 5. The van der Waals surface area contributed by atoms with Crippen LogP contribution in [-0.4, -0.2) is 45.6 Å². The van der Waals surface area contributed by atoms with Crippen LogP contribution in [0.15, 0.2) is 36.4 Å². The Bertz CT molecular complexity index is 768. The SMILES string of the molecule is Cc1ccc(N2CC[C@H](O)[C@](Cc3cccc(F)c3)(C(=O)O)C2)nn1. The molecule has 0 spiro atoms. The second-order valence-electron chi connectivity index (χ2n) is 6.53. The smallest absolute Gasteiger partial charge is 0.314 e. The number of aryl methyl sites for hydroxylation is 1. The highest BCUT2D eigenvalue weighted by Gasteiger charge is 2.49. The van der Waals surface area contributed by atoms with Crippen LogP contribution in [0.5, 0.6) is 0 Å². The van der Waals surface area contributed by atoms with Gasteiger partial charge in [-0.15, -0.1) is 5.10 Å². The molecular weight excluding hydrogens is 325 g/mol. The summed E-state index contributed by atoms with van der Waals surface area (Å²) in [6, 6.07) is 9.42. The van der Waals surface area contributed by atoms with E-state index in [1.807, 2.05) is 17.9 Å². The highest BCUT2D eigenvalue weighted by atomic mass is 19.1. The van der Waals surface area contributed by atoms with Crippen molar-refractivity contribution >= 4 is 11.8 Å². The number of piperidine rings is 1. The molecule has 1 saturated heterocycles. The van der Waals surface area contributed by atoms with Crippen LogP contribution in [0.3, 0.4) is 0 Å². The van der Waals surface area contributed by atoms with Crippen LogP contribution in [0.2, 0.25) is 0 Å². The van der Waals surface area contributed by atoms with Gasteiger partial charge in [0.05, 0.1) is 11.8 Å². The standard InChI is InChI=1S/C18H20FN3O3/c1-12-5-6-16(21-20-12)22-8-7-15(23)18(11-22,17(24)25)10-13-3-2-4-14(19)9-13/h2-6,9,15,23H,7-8,10-11H2,1H3,(H,24,25)/t15-,18+/m0/s1. The lowest BCUT2D eigenvalue weighted by atomic mass is 9.73. The molecule has 2 heterocycles. The van der Waals surface area contributed by atoms with Crippen LogP contribution < -0.4 is 4.90 Å². The summed E-state index contributed by atoms with van der Waals surface area (Å²) < 4.78 is 13.5. The zero-order valence-corrected chi connectivity index (χ0v) is 13.9. The van der Waals surface area contributed by atoms with Gasteiger partial charge in [0.15, 0.2) is 5.82 Å². The second kappa shape index (κ2) is 6.76. The van der Waals surface area contributed by atoms with Crippen LogP contribution in [-0.2, 0) is 11.2 Å². The molecule has 25 heavy (non-hydrogen) atoms. The Morgan fingerprint density at radius 1 is 1.36 bits per heavy atom. The Balaban J connectivity index is 1.92. The van der Waals surface area contributed by atoms with Crippen molar-refractivity contribution in [3.05, 3.63) is 53.5 Å². The number of aromatic nitrogens is 2. The molecular formula is C18H20FN3O3. The minimum absolute atomic E-state index is 0.0387. The average molecular weight is 345 g/mol. The Morgan fingerprint density at radius 3 is 2.80 bits per heavy atom. The highest BCUT2D eigenvalue weighted by molar-refractivity contribution is 5.77. The highest BCUT2D eigenvalue weighted by Crippen LogP contribution is 2.36. The average Bonchev–Trinajstić information content (AvgIpc) is 2.57. The molecule has 7 heteroatoms. The van der Waals surface area contributed by atoms with E-state index in [0.717, 1.165) is 5.69 Å². The number of carbonyl (C=O) groups is 1. The zero-order chi connectivity index (χ0) is 18.0. The number of hydrogen-bond donors (Lipinski definition) is 2. The first-order valence-corrected chi connectivity index (χ1v) is 8.12. The van der Waals surface area contributed by atoms with Crippen LogP contribution in [0, 0.1) is 18.2 Å². The van der Waals surface area contributed by atoms with E-state index in [4.69, 9.17) is 0 Å². The zero-order valence-electron chi connectivity index (χ0n) is 13.9. The van der Waals surface area contributed by atoms with Gasteiger partial charge in [0.25, 0.3) is 0 Å². The number of rotatable bonds is 4. The maximum absolute atomic E-state index is 13.5. The summed E-state index contributed by atoms with van der Waals surface area (Å²) in [7, 11) is 0. The van der Waals surface area contributed by atoms with Crippen molar-refractivity contribution in [2.45, 2.75) is 25.9 Å². The predicted molar refractivity (Wildman–Crippen MR) is 89.8 cm³/mol. The first kappa shape index (κ1) is 17.3. The van der Waals surface area contributed by atoms with Gasteiger partial charge in [0.2, 0.25) is 0 Å². The van der Waals surface area contributed by atoms with Gasteiger partial charge in [-0.25, -0.2) is 4.39 Å². The van der Waals surface area contributed by atoms with Crippen molar-refractivity contribution in [2.24, 2.45) is 5.41 Å². The molecule has 6 nitrogen and oxygen atoms in total. The third kappa shape index (κ3) is 3.46. The molecule has 2 aromatic rings. The van der Waals surface area contributed by atoms with Crippen LogP contribution >= 0.6 is 0 Å². The number of carboxylic acid groups (broad SMARTS) is 1. The monoisotopic (exact) mass is 345 g/mol. The van der Waals surface area contributed by atoms with E-state index >= 15 is 0 Å². The number of aliphatic carboxylic acids is 1. The molecule has 3 rings (SSSR count). The fourth-order valence-electron chi connectivity index (χ4n) is 3.31. The van der Waals surface area contributed by atoms with Crippen LogP contribution in [0.1, 0.15) is 17.7 Å². The minimum Gasteiger partial charge on any atom is -0.481 e. The van der Waals surface area contributed by atoms with Crippen LogP contribution in [0.4, 0.5) is 10.2 Å². The Morgan fingerprint density at radius 2 is 2.16 bits per heavy atom. The van der Waals surface area contributed by atoms with Gasteiger partial charge in [-0.1, -0.05) is 12.1 Å². The Hall–Kier alpha value is -2.54. The summed E-state index contributed by atoms with van der Waals surface area (Å²) in [5.74, 6) is -0.957. The quantitative estimate of drug-likeness (QED) is 0.879. The number of anilines is 1. The van der Waals surface area contributed by atoms with Crippen molar-refractivity contribution in [2.75, 3.05) is 18.0 Å². The Labute approximate surface area is 144 Å². The number of nitrogens with zero attached hydrogens (tertiary/aromatic N) is 3. The van der Waals surface area contributed by atoms with E-state index < -0.39 is 23.3 Å². The van der Waals surface area contributed by atoms with Gasteiger partial charge < -0.3 is 15.1 Å². The first-order valence-electron chi connectivity index (χ1n) is 8.12. The van der Waals surface area contributed by atoms with Crippen molar-refractivity contribution in [1.29, 1.82) is 0 Å². The molecule has 0 bridgehead atoms. The van der Waals surface area contributed by atoms with Crippen molar-refractivity contribution in [3.63, 3.8) is 0 Å². The molecule has 1 aliphatic heterocycles. The van der Waals surface area contributed by atoms with Gasteiger partial charge >= 0.3 is 5.97 Å². The van der Waals surface area contributed by atoms with E-state index in [2.05, 4.69) is 10.2 Å². The fourth-order valence-corrected chi connectivity index (χ4v) is 3.31. The summed E-state index contributed by atoms with van der Waals surface area (Å²) >= 11 is 0. The van der Waals surface area contributed by atoms with Gasteiger partial charge in [-0.05, 0) is 49.6 Å². The van der Waals surface area contributed by atoms with Gasteiger partial charge in [-0.2, -0.15) is 5.10 Å². The summed E-state index contributed by atoms with van der Waals surface area (Å²) in [4.78, 5) is 13.9. The normalized spacial score (nSPS) is 23.5. The third-order valence-electron chi connectivity index (χ3n) is 4.73. The number of carboxylic acids is 1. The van der Waals surface area contributed by atoms with Crippen LogP contribution in [0.25, 0.3) is 0 Å². The minimum atomic E-state index is -1.43. The summed E-state index contributed by atoms with van der Waals surface area (Å²) in [6.45, 7) is 2.39. The molecule has 0 saturated carbocycles. The molecule has 2 N–H and O–H groups in total. The number of halogens is 1. The van der Waals surface area contributed by atoms with Crippen molar-refractivity contribution in [1.82, 2.24) is 10.2 Å². The Kier molecular flexibility index (Phi) is 4.67. The van der Waals surface area contributed by atoms with Gasteiger partial charge in [0, 0.05) is 13.1 Å². The van der Waals surface area contributed by atoms with E-state index in [1.54, 1.807) is 18.2 Å². The maximum Gasteiger partial charge on any atom is 0.314 e. The number of benzene rings is 1. The van der Waals surface area contributed by atoms with Gasteiger partial charge in [-0.3, -0.25) is 4.79 Å². The molecule has 1 aromatic heterocycles. The molecule has 1 aromatic carbocycles. The first-order chi connectivity index (χ1) is 11.9. The molecule has 1 aliphatic rings. The molecule has 0 aliphatic carbocycles. The molecule has 2 atom stereocenters. The molecule has 0 amide bonds. The van der Waals surface area contributed by atoms with E-state index in [0.29, 0.717) is 17.9 Å². The van der Waals surface area contributed by atoms with E-state index in [1.165, 1.54) is 12.1 Å². The lowest BCUT2D eigenvalue weighted by Gasteiger charge is -2.43. The third-order valence-corrected chi connectivity index (χ3v) is 4.73. The predicted octanol–water partition coefficient (Wildman–Crippen LogP) is 1.81. The summed E-state index contributed by atoms with van der Waals surface area (Å²) in [6.07, 6.45) is -0.697. The summed E-state index contributed by atoms with van der Waals surface area (Å²) in [5, 5.41) is 28.5. The molecule has 0 unspecified atom stereocenters. The lowest BCUT2D eigenvalue weighted by molar-refractivity contribution is -0.157. The maximum atomic E-state index is 13.5. The largest absolute Gasteiger partial charge is 0.481 e. The van der Waals surface area contributed by atoms with Crippen molar-refractivity contribution < 1.29 is 19.4 Å². The van der Waals surface area contributed by atoms with E-state index in [9.17, 15) is 19.4 Å². The molecule has 132 valence electrons. The lowest BCUT2D eigenvalue weighted by Crippen LogP contribution is -2.57. The molecule has 1 fully saturated rings. The topological polar surface area (TPSA) is 86.5 Å².